The van der Waals surface area contributed by atoms with Gasteiger partial charge in [-0.2, -0.15) is 0 Å². The van der Waals surface area contributed by atoms with Gasteiger partial charge in [0, 0.05) is 11.1 Å². The molecule has 0 aromatic carbocycles. The van der Waals surface area contributed by atoms with E-state index in [4.69, 9.17) is 0 Å². The lowest BCUT2D eigenvalue weighted by Gasteiger charge is -2.10. The Balaban J connectivity index is 2.48. The minimum atomic E-state index is -0.857. The van der Waals surface area contributed by atoms with E-state index in [1.807, 2.05) is 18.4 Å². The van der Waals surface area contributed by atoms with Crippen LogP contribution in [0.5, 0.6) is 0 Å². The standard InChI is InChI=1S/C12H11NO2S/c1-8-5-7-16-11(8)10(12(14)15)9-4-2-3-6-13-9/h2-7,10H,1H3,(H,14,15). The van der Waals surface area contributed by atoms with Crippen LogP contribution in [0.3, 0.4) is 0 Å². The van der Waals surface area contributed by atoms with E-state index < -0.39 is 11.9 Å². The van der Waals surface area contributed by atoms with Crippen molar-refractivity contribution in [1.29, 1.82) is 0 Å². The Labute approximate surface area is 97.4 Å². The zero-order valence-electron chi connectivity index (χ0n) is 8.75. The highest BCUT2D eigenvalue weighted by Crippen LogP contribution is 2.30. The highest BCUT2D eigenvalue weighted by Gasteiger charge is 2.25. The lowest BCUT2D eigenvalue weighted by atomic mass is 10.0. The molecular formula is C12H11NO2S. The molecule has 0 bridgehead atoms. The monoisotopic (exact) mass is 233 g/mol. The first kappa shape index (κ1) is 10.8. The molecule has 2 heterocycles. The van der Waals surface area contributed by atoms with Crippen molar-refractivity contribution >= 4 is 17.3 Å². The number of carboxylic acids is 1. The molecule has 0 radical (unpaired) electrons. The van der Waals surface area contributed by atoms with Crippen LogP contribution in [0.25, 0.3) is 0 Å². The fourth-order valence-electron chi connectivity index (χ4n) is 1.60. The number of hydrogen-bond acceptors (Lipinski definition) is 3. The predicted molar refractivity (Wildman–Crippen MR) is 62.8 cm³/mol. The summed E-state index contributed by atoms with van der Waals surface area (Å²) in [6, 6.07) is 7.27. The Hall–Kier alpha value is -1.68. The Morgan fingerprint density at radius 2 is 2.25 bits per heavy atom. The molecule has 2 aromatic rings. The first-order valence-corrected chi connectivity index (χ1v) is 5.76. The van der Waals surface area contributed by atoms with Crippen LogP contribution in [-0.2, 0) is 4.79 Å². The molecule has 0 aliphatic rings. The maximum absolute atomic E-state index is 11.3. The van der Waals surface area contributed by atoms with Crippen molar-refractivity contribution in [3.63, 3.8) is 0 Å². The van der Waals surface area contributed by atoms with Crippen molar-refractivity contribution in [2.24, 2.45) is 0 Å². The van der Waals surface area contributed by atoms with E-state index in [2.05, 4.69) is 4.98 Å². The number of nitrogens with zero attached hydrogens (tertiary/aromatic N) is 1. The summed E-state index contributed by atoms with van der Waals surface area (Å²) >= 11 is 1.46. The van der Waals surface area contributed by atoms with Gasteiger partial charge in [0.15, 0.2) is 0 Å². The number of carbonyl (C=O) groups is 1. The van der Waals surface area contributed by atoms with Crippen LogP contribution >= 0.6 is 11.3 Å². The Morgan fingerprint density at radius 3 is 2.75 bits per heavy atom. The van der Waals surface area contributed by atoms with Gasteiger partial charge in [0.2, 0.25) is 0 Å². The Bertz CT molecular complexity index is 493. The molecule has 82 valence electrons. The van der Waals surface area contributed by atoms with Crippen LogP contribution in [0.1, 0.15) is 22.1 Å². The maximum atomic E-state index is 11.3. The molecule has 1 N–H and O–H groups in total. The smallest absolute Gasteiger partial charge is 0.317 e. The Morgan fingerprint density at radius 1 is 1.44 bits per heavy atom. The number of carboxylic acid groups (broad SMARTS) is 1. The largest absolute Gasteiger partial charge is 0.480 e. The van der Waals surface area contributed by atoms with Gasteiger partial charge >= 0.3 is 5.97 Å². The van der Waals surface area contributed by atoms with E-state index in [1.54, 1.807) is 24.4 Å². The number of aromatic nitrogens is 1. The molecule has 16 heavy (non-hydrogen) atoms. The van der Waals surface area contributed by atoms with Crippen LogP contribution in [0.15, 0.2) is 35.8 Å². The Kier molecular flexibility index (Phi) is 3.01. The molecule has 0 aliphatic carbocycles. The van der Waals surface area contributed by atoms with Crippen molar-refractivity contribution in [3.05, 3.63) is 52.0 Å². The van der Waals surface area contributed by atoms with Gasteiger partial charge in [0.25, 0.3) is 0 Å². The fourth-order valence-corrected chi connectivity index (χ4v) is 2.63. The molecule has 1 atom stereocenters. The third-order valence-electron chi connectivity index (χ3n) is 2.39. The molecule has 0 aliphatic heterocycles. The minimum Gasteiger partial charge on any atom is -0.480 e. The van der Waals surface area contributed by atoms with E-state index in [-0.39, 0.29) is 0 Å². The number of hydrogen-bond donors (Lipinski definition) is 1. The summed E-state index contributed by atoms with van der Waals surface area (Å²) in [5, 5.41) is 11.2. The van der Waals surface area contributed by atoms with Gasteiger partial charge in [-0.1, -0.05) is 6.07 Å². The molecule has 0 amide bonds. The highest BCUT2D eigenvalue weighted by molar-refractivity contribution is 7.10. The molecule has 0 saturated heterocycles. The number of rotatable bonds is 3. The number of thiophene rings is 1. The van der Waals surface area contributed by atoms with Gasteiger partial charge in [-0.15, -0.1) is 11.3 Å². The van der Waals surface area contributed by atoms with Crippen molar-refractivity contribution in [2.75, 3.05) is 0 Å². The topological polar surface area (TPSA) is 50.2 Å². The minimum absolute atomic E-state index is 0.584. The molecule has 0 spiro atoms. The second kappa shape index (κ2) is 4.45. The van der Waals surface area contributed by atoms with E-state index >= 15 is 0 Å². The van der Waals surface area contributed by atoms with E-state index in [0.29, 0.717) is 5.69 Å². The van der Waals surface area contributed by atoms with Crippen molar-refractivity contribution in [2.45, 2.75) is 12.8 Å². The van der Waals surface area contributed by atoms with Gasteiger partial charge in [-0.25, -0.2) is 0 Å². The van der Waals surface area contributed by atoms with Crippen LogP contribution in [0.4, 0.5) is 0 Å². The average molecular weight is 233 g/mol. The van der Waals surface area contributed by atoms with Gasteiger partial charge in [-0.3, -0.25) is 9.78 Å². The lowest BCUT2D eigenvalue weighted by molar-refractivity contribution is -0.137. The van der Waals surface area contributed by atoms with Crippen LogP contribution in [0, 0.1) is 6.92 Å². The maximum Gasteiger partial charge on any atom is 0.317 e. The molecule has 3 nitrogen and oxygen atoms in total. The SMILES string of the molecule is Cc1ccsc1C(C(=O)O)c1ccccn1. The van der Waals surface area contributed by atoms with E-state index in [1.165, 1.54) is 11.3 Å². The van der Waals surface area contributed by atoms with Crippen molar-refractivity contribution in [3.8, 4) is 0 Å². The third-order valence-corrected chi connectivity index (χ3v) is 3.48. The van der Waals surface area contributed by atoms with Crippen molar-refractivity contribution in [1.82, 2.24) is 4.98 Å². The normalized spacial score (nSPS) is 12.3. The van der Waals surface area contributed by atoms with Crippen LogP contribution < -0.4 is 0 Å². The van der Waals surface area contributed by atoms with Crippen molar-refractivity contribution < 1.29 is 9.90 Å². The summed E-state index contributed by atoms with van der Waals surface area (Å²) < 4.78 is 0. The summed E-state index contributed by atoms with van der Waals surface area (Å²) in [6.45, 7) is 1.92. The lowest BCUT2D eigenvalue weighted by Crippen LogP contribution is -2.13. The van der Waals surface area contributed by atoms with Gasteiger partial charge in [0.05, 0.1) is 5.69 Å². The van der Waals surface area contributed by atoms with Gasteiger partial charge in [-0.05, 0) is 36.1 Å². The highest BCUT2D eigenvalue weighted by atomic mass is 32.1. The zero-order chi connectivity index (χ0) is 11.5. The molecule has 2 aromatic heterocycles. The average Bonchev–Trinajstić information content (AvgIpc) is 2.66. The van der Waals surface area contributed by atoms with Crippen LogP contribution in [0.2, 0.25) is 0 Å². The van der Waals surface area contributed by atoms with E-state index in [9.17, 15) is 9.90 Å². The van der Waals surface area contributed by atoms with Crippen LogP contribution in [-0.4, -0.2) is 16.1 Å². The second-order valence-electron chi connectivity index (χ2n) is 3.49. The first-order chi connectivity index (χ1) is 7.70. The summed E-state index contributed by atoms with van der Waals surface area (Å²) in [6.07, 6.45) is 1.62. The number of aliphatic carboxylic acids is 1. The first-order valence-electron chi connectivity index (χ1n) is 4.88. The molecular weight excluding hydrogens is 222 g/mol. The summed E-state index contributed by atoms with van der Waals surface area (Å²) in [5.41, 5.74) is 1.59. The second-order valence-corrected chi connectivity index (χ2v) is 4.44. The molecule has 4 heteroatoms. The van der Waals surface area contributed by atoms with Gasteiger partial charge in [0.1, 0.15) is 5.92 Å². The number of pyridine rings is 1. The molecule has 0 saturated carbocycles. The fraction of sp³-hybridized carbons (Fsp3) is 0.167. The molecule has 1 unspecified atom stereocenters. The summed E-state index contributed by atoms with van der Waals surface area (Å²) in [5.74, 6) is -1.51. The summed E-state index contributed by atoms with van der Waals surface area (Å²) in [4.78, 5) is 16.3. The molecule has 0 fully saturated rings. The molecule has 2 rings (SSSR count). The summed E-state index contributed by atoms with van der Waals surface area (Å²) in [7, 11) is 0. The van der Waals surface area contributed by atoms with Gasteiger partial charge < -0.3 is 5.11 Å². The van der Waals surface area contributed by atoms with E-state index in [0.717, 1.165) is 10.4 Å². The quantitative estimate of drug-likeness (QED) is 0.886. The zero-order valence-corrected chi connectivity index (χ0v) is 9.57. The third kappa shape index (κ3) is 1.97. The number of aryl methyl sites for hydroxylation is 1. The predicted octanol–water partition coefficient (Wildman–Crippen LogP) is 2.67.